The van der Waals surface area contributed by atoms with Crippen LogP contribution in [0.1, 0.15) is 38.7 Å². The number of aliphatic hydroxyl groups is 1. The van der Waals surface area contributed by atoms with Crippen molar-refractivity contribution < 1.29 is 5.11 Å². The van der Waals surface area contributed by atoms with Crippen molar-refractivity contribution in [2.75, 3.05) is 26.2 Å². The van der Waals surface area contributed by atoms with Gasteiger partial charge in [-0.25, -0.2) is 0 Å². The SMILES string of the molecule is CC1CN2CCCCC2CN1CC(C)(O)c1ccccc1. The summed E-state index contributed by atoms with van der Waals surface area (Å²) in [5.74, 6) is 0. The summed E-state index contributed by atoms with van der Waals surface area (Å²) < 4.78 is 0. The molecular weight excluding hydrogens is 260 g/mol. The molecule has 21 heavy (non-hydrogen) atoms. The van der Waals surface area contributed by atoms with Crippen LogP contribution in [-0.2, 0) is 5.60 Å². The van der Waals surface area contributed by atoms with E-state index in [0.29, 0.717) is 12.1 Å². The third-order valence-corrected chi connectivity index (χ3v) is 5.22. The molecule has 1 aromatic carbocycles. The van der Waals surface area contributed by atoms with E-state index in [1.165, 1.54) is 25.8 Å². The third-order valence-electron chi connectivity index (χ3n) is 5.22. The first-order valence-corrected chi connectivity index (χ1v) is 8.32. The average Bonchev–Trinajstić information content (AvgIpc) is 2.49. The Morgan fingerprint density at radius 1 is 1.19 bits per heavy atom. The van der Waals surface area contributed by atoms with Gasteiger partial charge in [-0.05, 0) is 38.8 Å². The summed E-state index contributed by atoms with van der Waals surface area (Å²) >= 11 is 0. The Morgan fingerprint density at radius 2 is 1.95 bits per heavy atom. The van der Waals surface area contributed by atoms with E-state index < -0.39 is 5.60 Å². The quantitative estimate of drug-likeness (QED) is 0.925. The fourth-order valence-corrected chi connectivity index (χ4v) is 3.92. The molecule has 0 amide bonds. The summed E-state index contributed by atoms with van der Waals surface area (Å²) in [7, 11) is 0. The number of benzene rings is 1. The summed E-state index contributed by atoms with van der Waals surface area (Å²) in [5, 5.41) is 10.9. The number of nitrogens with zero attached hydrogens (tertiary/aromatic N) is 2. The number of fused-ring (bicyclic) bond motifs is 1. The maximum atomic E-state index is 10.9. The molecule has 3 heteroatoms. The highest BCUT2D eigenvalue weighted by Crippen LogP contribution is 2.28. The zero-order valence-corrected chi connectivity index (χ0v) is 13.3. The summed E-state index contributed by atoms with van der Waals surface area (Å²) in [4.78, 5) is 5.14. The van der Waals surface area contributed by atoms with E-state index in [4.69, 9.17) is 0 Å². The van der Waals surface area contributed by atoms with E-state index in [-0.39, 0.29) is 0 Å². The molecule has 2 saturated heterocycles. The Hall–Kier alpha value is -0.900. The number of piperazine rings is 1. The second kappa shape index (κ2) is 6.07. The minimum absolute atomic E-state index is 0.523. The van der Waals surface area contributed by atoms with Crippen LogP contribution >= 0.6 is 0 Å². The molecule has 2 aliphatic rings. The van der Waals surface area contributed by atoms with E-state index >= 15 is 0 Å². The molecule has 2 fully saturated rings. The molecule has 0 aromatic heterocycles. The minimum atomic E-state index is -0.771. The number of β-amino-alcohol motifs (C(OH)–C–C–N with tert-alkyl or cyclic N) is 1. The van der Waals surface area contributed by atoms with Gasteiger partial charge in [0.2, 0.25) is 0 Å². The van der Waals surface area contributed by atoms with Crippen LogP contribution in [0, 0.1) is 0 Å². The zero-order valence-electron chi connectivity index (χ0n) is 13.3. The normalized spacial score (nSPS) is 30.6. The lowest BCUT2D eigenvalue weighted by molar-refractivity contribution is -0.0426. The van der Waals surface area contributed by atoms with Gasteiger partial charge in [0.05, 0.1) is 5.60 Å². The monoisotopic (exact) mass is 288 g/mol. The van der Waals surface area contributed by atoms with Gasteiger partial charge in [0.1, 0.15) is 0 Å². The van der Waals surface area contributed by atoms with Crippen molar-refractivity contribution in [3.8, 4) is 0 Å². The van der Waals surface area contributed by atoms with Crippen LogP contribution in [-0.4, -0.2) is 53.2 Å². The Morgan fingerprint density at radius 3 is 2.71 bits per heavy atom. The largest absolute Gasteiger partial charge is 0.384 e. The highest BCUT2D eigenvalue weighted by Gasteiger charge is 2.36. The molecule has 1 N–H and O–H groups in total. The van der Waals surface area contributed by atoms with Gasteiger partial charge >= 0.3 is 0 Å². The van der Waals surface area contributed by atoms with E-state index in [9.17, 15) is 5.11 Å². The van der Waals surface area contributed by atoms with Gasteiger partial charge in [-0.2, -0.15) is 0 Å². The van der Waals surface area contributed by atoms with Gasteiger partial charge in [0, 0.05) is 31.7 Å². The molecular formula is C18H28N2O. The van der Waals surface area contributed by atoms with Gasteiger partial charge in [0.15, 0.2) is 0 Å². The smallest absolute Gasteiger partial charge is 0.0994 e. The first kappa shape index (κ1) is 15.0. The molecule has 0 radical (unpaired) electrons. The predicted octanol–water partition coefficient (Wildman–Crippen LogP) is 2.45. The topological polar surface area (TPSA) is 26.7 Å². The Balaban J connectivity index is 1.69. The summed E-state index contributed by atoms with van der Waals surface area (Å²) in [5.41, 5.74) is 0.245. The van der Waals surface area contributed by atoms with Crippen molar-refractivity contribution in [1.29, 1.82) is 0 Å². The molecule has 3 nitrogen and oxygen atoms in total. The highest BCUT2D eigenvalue weighted by atomic mass is 16.3. The maximum Gasteiger partial charge on any atom is 0.0994 e. The fourth-order valence-electron chi connectivity index (χ4n) is 3.92. The molecule has 116 valence electrons. The Bertz CT molecular complexity index is 460. The molecule has 0 bridgehead atoms. The lowest BCUT2D eigenvalue weighted by atomic mass is 9.92. The van der Waals surface area contributed by atoms with Crippen molar-refractivity contribution >= 4 is 0 Å². The second-order valence-corrected chi connectivity index (χ2v) is 7.06. The van der Waals surface area contributed by atoms with Crippen LogP contribution in [0.25, 0.3) is 0 Å². The second-order valence-electron chi connectivity index (χ2n) is 7.06. The molecule has 0 saturated carbocycles. The van der Waals surface area contributed by atoms with Crippen molar-refractivity contribution in [1.82, 2.24) is 9.80 Å². The summed E-state index contributed by atoms with van der Waals surface area (Å²) in [6, 6.07) is 11.3. The van der Waals surface area contributed by atoms with Gasteiger partial charge in [0.25, 0.3) is 0 Å². The fraction of sp³-hybridized carbons (Fsp3) is 0.667. The molecule has 2 aliphatic heterocycles. The molecule has 3 unspecified atom stereocenters. The van der Waals surface area contributed by atoms with Gasteiger partial charge in [-0.1, -0.05) is 36.8 Å². The van der Waals surface area contributed by atoms with Crippen LogP contribution in [0.5, 0.6) is 0 Å². The molecule has 2 heterocycles. The van der Waals surface area contributed by atoms with Crippen molar-refractivity contribution in [3.63, 3.8) is 0 Å². The minimum Gasteiger partial charge on any atom is -0.384 e. The van der Waals surface area contributed by atoms with Crippen LogP contribution in [0.4, 0.5) is 0 Å². The number of hydrogen-bond acceptors (Lipinski definition) is 3. The van der Waals surface area contributed by atoms with E-state index in [1.807, 2.05) is 37.3 Å². The van der Waals surface area contributed by atoms with E-state index in [2.05, 4.69) is 16.7 Å². The average molecular weight is 288 g/mol. The van der Waals surface area contributed by atoms with Crippen molar-refractivity contribution in [2.24, 2.45) is 0 Å². The van der Waals surface area contributed by atoms with Crippen LogP contribution < -0.4 is 0 Å². The lowest BCUT2D eigenvalue weighted by Gasteiger charge is -2.49. The van der Waals surface area contributed by atoms with E-state index in [0.717, 1.165) is 25.2 Å². The highest BCUT2D eigenvalue weighted by molar-refractivity contribution is 5.22. The lowest BCUT2D eigenvalue weighted by Crippen LogP contribution is -2.60. The first-order chi connectivity index (χ1) is 10.1. The first-order valence-electron chi connectivity index (χ1n) is 8.32. The Labute approximate surface area is 128 Å². The number of piperidine rings is 1. The molecule has 3 atom stereocenters. The van der Waals surface area contributed by atoms with Crippen molar-refractivity contribution in [3.05, 3.63) is 35.9 Å². The molecule has 1 aromatic rings. The number of rotatable bonds is 3. The van der Waals surface area contributed by atoms with Gasteiger partial charge in [-0.15, -0.1) is 0 Å². The maximum absolute atomic E-state index is 10.9. The van der Waals surface area contributed by atoms with Gasteiger partial charge < -0.3 is 5.11 Å². The van der Waals surface area contributed by atoms with Gasteiger partial charge in [-0.3, -0.25) is 9.80 Å². The predicted molar refractivity (Wildman–Crippen MR) is 86.3 cm³/mol. The van der Waals surface area contributed by atoms with E-state index in [1.54, 1.807) is 0 Å². The number of hydrogen-bond donors (Lipinski definition) is 1. The Kier molecular flexibility index (Phi) is 4.34. The zero-order chi connectivity index (χ0) is 14.9. The summed E-state index contributed by atoms with van der Waals surface area (Å²) in [6.45, 7) is 8.48. The standard InChI is InChI=1S/C18H28N2O/c1-15-12-19-11-7-6-10-17(19)13-20(15)14-18(2,21)16-8-4-3-5-9-16/h3-5,8-9,15,17,21H,6-7,10-14H2,1-2H3. The summed E-state index contributed by atoms with van der Waals surface area (Å²) in [6.07, 6.45) is 4.03. The third kappa shape index (κ3) is 3.31. The van der Waals surface area contributed by atoms with Crippen LogP contribution in [0.3, 0.4) is 0 Å². The molecule has 0 spiro atoms. The molecule has 3 rings (SSSR count). The van der Waals surface area contributed by atoms with Crippen molar-refractivity contribution in [2.45, 2.75) is 50.8 Å². The molecule has 0 aliphatic carbocycles. The van der Waals surface area contributed by atoms with Crippen LogP contribution in [0.15, 0.2) is 30.3 Å². The van der Waals surface area contributed by atoms with Crippen LogP contribution in [0.2, 0.25) is 0 Å².